The van der Waals surface area contributed by atoms with Crippen LogP contribution in [0, 0.1) is 12.8 Å². The molecule has 0 aliphatic carbocycles. The topological polar surface area (TPSA) is 93.1 Å². The summed E-state index contributed by atoms with van der Waals surface area (Å²) in [6.07, 6.45) is 0. The Bertz CT molecular complexity index is 1440. The molecule has 2 N–H and O–H groups in total. The Labute approximate surface area is 197 Å². The van der Waals surface area contributed by atoms with E-state index in [9.17, 15) is 14.4 Å². The van der Waals surface area contributed by atoms with Gasteiger partial charge in [0, 0.05) is 17.6 Å². The van der Waals surface area contributed by atoms with E-state index < -0.39 is 5.91 Å². The molecule has 0 saturated carbocycles. The summed E-state index contributed by atoms with van der Waals surface area (Å²) in [6.45, 7) is 6.29. The highest BCUT2D eigenvalue weighted by atomic mass is 16.2. The van der Waals surface area contributed by atoms with E-state index in [2.05, 4.69) is 15.7 Å². The number of aromatic nitrogens is 2. The fraction of sp³-hybridized carbons (Fsp3) is 0.185. The molecule has 0 fully saturated rings. The summed E-state index contributed by atoms with van der Waals surface area (Å²) < 4.78 is 1.33. The molecular weight excluding hydrogens is 428 g/mol. The lowest BCUT2D eigenvalue weighted by Gasteiger charge is -2.14. The molecule has 0 radical (unpaired) electrons. The van der Waals surface area contributed by atoms with Crippen molar-refractivity contribution in [3.63, 3.8) is 0 Å². The number of aryl methyl sites for hydroxylation is 1. The maximum absolute atomic E-state index is 13.3. The number of benzene rings is 3. The van der Waals surface area contributed by atoms with Crippen LogP contribution in [0.25, 0.3) is 10.8 Å². The van der Waals surface area contributed by atoms with Gasteiger partial charge in [0.2, 0.25) is 0 Å². The third-order valence-corrected chi connectivity index (χ3v) is 5.32. The molecule has 0 atom stereocenters. The van der Waals surface area contributed by atoms with Crippen molar-refractivity contribution < 1.29 is 9.59 Å². The van der Waals surface area contributed by atoms with E-state index in [1.807, 2.05) is 39.0 Å². The van der Waals surface area contributed by atoms with Crippen molar-refractivity contribution in [3.05, 3.63) is 100.0 Å². The summed E-state index contributed by atoms with van der Waals surface area (Å²) in [5.41, 5.74) is 2.25. The predicted octanol–water partition coefficient (Wildman–Crippen LogP) is 4.87. The molecule has 7 nitrogen and oxygen atoms in total. The smallest absolute Gasteiger partial charge is 0.276 e. The van der Waals surface area contributed by atoms with Crippen molar-refractivity contribution in [1.82, 2.24) is 9.78 Å². The Kier molecular flexibility index (Phi) is 6.54. The molecule has 1 aromatic heterocycles. The second-order valence-corrected chi connectivity index (χ2v) is 8.60. The predicted molar refractivity (Wildman–Crippen MR) is 134 cm³/mol. The minimum atomic E-state index is -0.496. The van der Waals surface area contributed by atoms with Crippen molar-refractivity contribution in [3.8, 4) is 0 Å². The Morgan fingerprint density at radius 2 is 1.59 bits per heavy atom. The van der Waals surface area contributed by atoms with Crippen LogP contribution in [0.1, 0.15) is 40.3 Å². The number of hydrogen-bond donors (Lipinski definition) is 2. The number of carbonyl (C=O) groups excluding carboxylic acids is 2. The lowest BCUT2D eigenvalue weighted by molar-refractivity contribution is 0.102. The molecule has 0 saturated heterocycles. The van der Waals surface area contributed by atoms with E-state index in [1.165, 1.54) is 4.68 Å². The number of rotatable bonds is 6. The Hall–Kier alpha value is -4.26. The van der Waals surface area contributed by atoms with E-state index in [-0.39, 0.29) is 23.1 Å². The average Bonchev–Trinajstić information content (AvgIpc) is 2.81. The van der Waals surface area contributed by atoms with E-state index in [0.717, 1.165) is 5.56 Å². The molecule has 4 aromatic rings. The highest BCUT2D eigenvalue weighted by Gasteiger charge is 2.20. The Balaban J connectivity index is 1.68. The lowest BCUT2D eigenvalue weighted by Crippen LogP contribution is -2.29. The van der Waals surface area contributed by atoms with Gasteiger partial charge < -0.3 is 10.6 Å². The second kappa shape index (κ2) is 9.70. The van der Waals surface area contributed by atoms with Gasteiger partial charge in [0.15, 0.2) is 5.69 Å². The maximum atomic E-state index is 13.3. The molecular formula is C27H26N4O3. The van der Waals surface area contributed by atoms with Crippen LogP contribution in [0.4, 0.5) is 11.4 Å². The van der Waals surface area contributed by atoms with E-state index in [0.29, 0.717) is 34.3 Å². The number of fused-ring (bicyclic) bond motifs is 1. The van der Waals surface area contributed by atoms with Crippen LogP contribution in [0.3, 0.4) is 0 Å². The number of amides is 2. The molecule has 0 aliphatic heterocycles. The van der Waals surface area contributed by atoms with Gasteiger partial charge in [0.05, 0.1) is 16.6 Å². The molecule has 3 aromatic carbocycles. The summed E-state index contributed by atoms with van der Waals surface area (Å²) in [7, 11) is 0. The van der Waals surface area contributed by atoms with Gasteiger partial charge >= 0.3 is 0 Å². The lowest BCUT2D eigenvalue weighted by atomic mass is 10.1. The van der Waals surface area contributed by atoms with Crippen LogP contribution >= 0.6 is 0 Å². The van der Waals surface area contributed by atoms with Gasteiger partial charge in [-0.3, -0.25) is 14.4 Å². The van der Waals surface area contributed by atoms with Gasteiger partial charge in [-0.05, 0) is 48.7 Å². The van der Waals surface area contributed by atoms with Crippen LogP contribution in [0.5, 0.6) is 0 Å². The van der Waals surface area contributed by atoms with Crippen LogP contribution in [-0.2, 0) is 6.54 Å². The maximum Gasteiger partial charge on any atom is 0.276 e. The van der Waals surface area contributed by atoms with Gasteiger partial charge in [-0.15, -0.1) is 0 Å². The molecule has 172 valence electrons. The zero-order chi connectivity index (χ0) is 24.2. The Morgan fingerprint density at radius 1 is 0.882 bits per heavy atom. The SMILES string of the molecule is Cc1cccc(NC(=O)c2ccccc2NC(=O)c2nn(CC(C)C)c(=O)c3ccccc23)c1. The molecule has 0 unspecified atom stereocenters. The van der Waals surface area contributed by atoms with Gasteiger partial charge in [0.25, 0.3) is 17.4 Å². The summed E-state index contributed by atoms with van der Waals surface area (Å²) in [5.74, 6) is -0.665. The van der Waals surface area contributed by atoms with E-state index in [1.54, 1.807) is 54.6 Å². The number of para-hydroxylation sites is 1. The molecule has 2 amide bonds. The fourth-order valence-corrected chi connectivity index (χ4v) is 3.77. The largest absolute Gasteiger partial charge is 0.322 e. The molecule has 0 aliphatic rings. The second-order valence-electron chi connectivity index (χ2n) is 8.60. The van der Waals surface area contributed by atoms with Crippen molar-refractivity contribution in [2.45, 2.75) is 27.3 Å². The highest BCUT2D eigenvalue weighted by molar-refractivity contribution is 6.15. The summed E-state index contributed by atoms with van der Waals surface area (Å²) in [6, 6.07) is 21.2. The first-order valence-electron chi connectivity index (χ1n) is 11.1. The minimum absolute atomic E-state index is 0.129. The van der Waals surface area contributed by atoms with Crippen LogP contribution in [0.2, 0.25) is 0 Å². The standard InChI is InChI=1S/C27H26N4O3/c1-17(2)16-31-27(34)21-12-5-4-11-20(21)24(30-31)26(33)29-23-14-7-6-13-22(23)25(32)28-19-10-8-9-18(3)15-19/h4-15,17H,16H2,1-3H3,(H,28,32)(H,29,33). The molecule has 4 rings (SSSR count). The fourth-order valence-electron chi connectivity index (χ4n) is 3.77. The number of anilines is 2. The number of nitrogens with one attached hydrogen (secondary N) is 2. The zero-order valence-corrected chi connectivity index (χ0v) is 19.3. The number of nitrogens with zero attached hydrogens (tertiary/aromatic N) is 2. The third kappa shape index (κ3) is 4.88. The average molecular weight is 455 g/mol. The monoisotopic (exact) mass is 454 g/mol. The first-order chi connectivity index (χ1) is 16.3. The minimum Gasteiger partial charge on any atom is -0.322 e. The van der Waals surface area contributed by atoms with Crippen molar-refractivity contribution >= 4 is 34.0 Å². The molecule has 0 spiro atoms. The summed E-state index contributed by atoms with van der Waals surface area (Å²) in [5, 5.41) is 11.0. The van der Waals surface area contributed by atoms with E-state index in [4.69, 9.17) is 0 Å². The third-order valence-electron chi connectivity index (χ3n) is 5.32. The van der Waals surface area contributed by atoms with Gasteiger partial charge in [-0.2, -0.15) is 5.10 Å². The Morgan fingerprint density at radius 3 is 2.32 bits per heavy atom. The summed E-state index contributed by atoms with van der Waals surface area (Å²) in [4.78, 5) is 39.2. The first kappa shape index (κ1) is 22.9. The van der Waals surface area contributed by atoms with Crippen LogP contribution < -0.4 is 16.2 Å². The van der Waals surface area contributed by atoms with E-state index >= 15 is 0 Å². The molecule has 0 bridgehead atoms. The number of carbonyl (C=O) groups is 2. The first-order valence-corrected chi connectivity index (χ1v) is 11.1. The van der Waals surface area contributed by atoms with Crippen molar-refractivity contribution in [1.29, 1.82) is 0 Å². The van der Waals surface area contributed by atoms with Crippen LogP contribution in [-0.4, -0.2) is 21.6 Å². The number of hydrogen-bond acceptors (Lipinski definition) is 4. The molecule has 7 heteroatoms. The normalized spacial score (nSPS) is 10.9. The van der Waals surface area contributed by atoms with Crippen molar-refractivity contribution in [2.24, 2.45) is 5.92 Å². The summed E-state index contributed by atoms with van der Waals surface area (Å²) >= 11 is 0. The molecule has 34 heavy (non-hydrogen) atoms. The van der Waals surface area contributed by atoms with Gasteiger partial charge in [-0.1, -0.05) is 56.3 Å². The van der Waals surface area contributed by atoms with Gasteiger partial charge in [0.1, 0.15) is 0 Å². The molecule has 1 heterocycles. The van der Waals surface area contributed by atoms with Crippen LogP contribution in [0.15, 0.2) is 77.6 Å². The zero-order valence-electron chi connectivity index (χ0n) is 19.3. The quantitative estimate of drug-likeness (QED) is 0.435. The van der Waals surface area contributed by atoms with Gasteiger partial charge in [-0.25, -0.2) is 4.68 Å². The van der Waals surface area contributed by atoms with Crippen molar-refractivity contribution in [2.75, 3.05) is 10.6 Å². The highest BCUT2D eigenvalue weighted by Crippen LogP contribution is 2.21.